The van der Waals surface area contributed by atoms with Crippen LogP contribution in [0.1, 0.15) is 46.5 Å². The van der Waals surface area contributed by atoms with Crippen molar-refractivity contribution in [2.24, 2.45) is 17.8 Å². The lowest BCUT2D eigenvalue weighted by Crippen LogP contribution is -2.44. The predicted octanol–water partition coefficient (Wildman–Crippen LogP) is 2.53. The van der Waals surface area contributed by atoms with Gasteiger partial charge in [-0.05, 0) is 37.0 Å². The Labute approximate surface area is 118 Å². The van der Waals surface area contributed by atoms with Gasteiger partial charge in [0.2, 0.25) is 0 Å². The first-order valence-electron chi connectivity index (χ1n) is 8.06. The number of aliphatic hydroxyl groups excluding tert-OH is 1. The van der Waals surface area contributed by atoms with Crippen LogP contribution in [-0.2, 0) is 4.74 Å². The Balaban J connectivity index is 1.67. The lowest BCUT2D eigenvalue weighted by Gasteiger charge is -2.36. The van der Waals surface area contributed by atoms with Gasteiger partial charge in [0.05, 0.1) is 18.8 Å². The average molecular weight is 269 g/mol. The molecule has 0 bridgehead atoms. The zero-order valence-corrected chi connectivity index (χ0v) is 12.8. The summed E-state index contributed by atoms with van der Waals surface area (Å²) in [5.41, 5.74) is 0. The van der Waals surface area contributed by atoms with Gasteiger partial charge in [-0.1, -0.05) is 27.2 Å². The molecule has 1 aliphatic carbocycles. The Bertz CT molecular complexity index is 261. The molecular weight excluding hydrogens is 238 g/mol. The fourth-order valence-corrected chi connectivity index (χ4v) is 3.89. The minimum Gasteiger partial charge on any atom is -0.389 e. The summed E-state index contributed by atoms with van der Waals surface area (Å²) in [6.07, 6.45) is 5.11. The number of aliphatic hydroxyl groups is 1. The van der Waals surface area contributed by atoms with Crippen molar-refractivity contribution in [1.29, 1.82) is 0 Å². The highest BCUT2D eigenvalue weighted by atomic mass is 16.5. The van der Waals surface area contributed by atoms with Gasteiger partial charge in [0.1, 0.15) is 0 Å². The third kappa shape index (κ3) is 4.73. The van der Waals surface area contributed by atoms with Gasteiger partial charge in [0.25, 0.3) is 0 Å². The fraction of sp³-hybridized carbons (Fsp3) is 1.00. The van der Waals surface area contributed by atoms with Crippen LogP contribution in [0, 0.1) is 17.8 Å². The van der Waals surface area contributed by atoms with E-state index < -0.39 is 0 Å². The molecule has 0 aromatic rings. The van der Waals surface area contributed by atoms with Crippen molar-refractivity contribution in [3.05, 3.63) is 0 Å². The number of ether oxygens (including phenoxy) is 1. The van der Waals surface area contributed by atoms with Crippen molar-refractivity contribution in [3.8, 4) is 0 Å². The van der Waals surface area contributed by atoms with E-state index in [0.717, 1.165) is 31.5 Å². The molecular formula is C16H31NO2. The van der Waals surface area contributed by atoms with Crippen LogP contribution in [0.25, 0.3) is 0 Å². The van der Waals surface area contributed by atoms with Gasteiger partial charge < -0.3 is 14.7 Å². The molecule has 0 spiro atoms. The highest BCUT2D eigenvalue weighted by molar-refractivity contribution is 4.78. The van der Waals surface area contributed by atoms with E-state index in [1.165, 1.54) is 25.7 Å². The molecule has 1 heterocycles. The highest BCUT2D eigenvalue weighted by Crippen LogP contribution is 2.27. The Kier molecular flexibility index (Phi) is 5.67. The van der Waals surface area contributed by atoms with E-state index in [0.29, 0.717) is 18.6 Å². The monoisotopic (exact) mass is 269 g/mol. The quantitative estimate of drug-likeness (QED) is 0.832. The van der Waals surface area contributed by atoms with Gasteiger partial charge in [0, 0.05) is 19.6 Å². The van der Waals surface area contributed by atoms with E-state index in [4.69, 9.17) is 4.74 Å². The molecule has 2 fully saturated rings. The molecule has 5 atom stereocenters. The first kappa shape index (κ1) is 15.3. The molecule has 3 heteroatoms. The van der Waals surface area contributed by atoms with E-state index >= 15 is 0 Å². The van der Waals surface area contributed by atoms with Crippen LogP contribution in [0.2, 0.25) is 0 Å². The number of likely N-dealkylation sites (tertiary alicyclic amines) is 1. The molecule has 19 heavy (non-hydrogen) atoms. The summed E-state index contributed by atoms with van der Waals surface area (Å²) in [5, 5.41) is 10.2. The summed E-state index contributed by atoms with van der Waals surface area (Å²) in [5.74, 6) is 2.18. The molecule has 1 N–H and O–H groups in total. The summed E-state index contributed by atoms with van der Waals surface area (Å²) in [7, 11) is 0. The lowest BCUT2D eigenvalue weighted by molar-refractivity contribution is -0.0369. The number of β-amino-alcohol motifs (C(OH)–C–C–N with tert-alkyl or cyclic N) is 1. The van der Waals surface area contributed by atoms with E-state index in [9.17, 15) is 5.11 Å². The highest BCUT2D eigenvalue weighted by Gasteiger charge is 2.26. The molecule has 0 aromatic carbocycles. The molecule has 1 saturated heterocycles. The van der Waals surface area contributed by atoms with E-state index in [1.54, 1.807) is 0 Å². The normalized spacial score (nSPS) is 38.5. The number of rotatable bonds is 5. The van der Waals surface area contributed by atoms with E-state index in [-0.39, 0.29) is 6.10 Å². The standard InChI is InChI=1S/C16H31NO2/c1-12-7-13(2)9-17(8-12)10-15(18)11-19-16-6-4-5-14(16)3/h12-16,18H,4-11H2,1-3H3/t12-,13+,14-,15-,16-/m1/s1. The second-order valence-corrected chi connectivity index (χ2v) is 7.10. The number of hydrogen-bond acceptors (Lipinski definition) is 3. The average Bonchev–Trinajstić information content (AvgIpc) is 2.71. The third-order valence-corrected chi connectivity index (χ3v) is 4.70. The topological polar surface area (TPSA) is 32.7 Å². The summed E-state index contributed by atoms with van der Waals surface area (Å²) >= 11 is 0. The Hall–Kier alpha value is -0.120. The lowest BCUT2D eigenvalue weighted by atomic mass is 9.92. The second kappa shape index (κ2) is 7.05. The molecule has 3 nitrogen and oxygen atoms in total. The smallest absolute Gasteiger partial charge is 0.0900 e. The molecule has 2 aliphatic rings. The molecule has 0 radical (unpaired) electrons. The van der Waals surface area contributed by atoms with Crippen LogP contribution in [0.4, 0.5) is 0 Å². The largest absolute Gasteiger partial charge is 0.389 e. The SMILES string of the molecule is C[C@@H]1C[C@H](C)CN(C[C@@H](O)CO[C@@H]2CCC[C@H]2C)C1. The van der Waals surface area contributed by atoms with E-state index in [2.05, 4.69) is 25.7 Å². The summed E-state index contributed by atoms with van der Waals surface area (Å²) < 4.78 is 5.90. The minimum absolute atomic E-state index is 0.328. The van der Waals surface area contributed by atoms with Crippen molar-refractivity contribution >= 4 is 0 Å². The van der Waals surface area contributed by atoms with Gasteiger partial charge >= 0.3 is 0 Å². The summed E-state index contributed by atoms with van der Waals surface area (Å²) in [6, 6.07) is 0. The third-order valence-electron chi connectivity index (χ3n) is 4.70. The van der Waals surface area contributed by atoms with Gasteiger partial charge in [-0.25, -0.2) is 0 Å². The molecule has 0 aromatic heterocycles. The molecule has 1 aliphatic heterocycles. The predicted molar refractivity (Wildman–Crippen MR) is 78.1 cm³/mol. The van der Waals surface area contributed by atoms with Gasteiger partial charge in [-0.15, -0.1) is 0 Å². The van der Waals surface area contributed by atoms with Crippen LogP contribution < -0.4 is 0 Å². The number of hydrogen-bond donors (Lipinski definition) is 1. The zero-order valence-electron chi connectivity index (χ0n) is 12.8. The molecule has 0 amide bonds. The van der Waals surface area contributed by atoms with Gasteiger partial charge in [-0.3, -0.25) is 0 Å². The number of nitrogens with zero attached hydrogens (tertiary/aromatic N) is 1. The van der Waals surface area contributed by atoms with Crippen LogP contribution in [0.15, 0.2) is 0 Å². The first-order valence-corrected chi connectivity index (χ1v) is 8.06. The summed E-state index contributed by atoms with van der Waals surface area (Å²) in [6.45, 7) is 10.4. The second-order valence-electron chi connectivity index (χ2n) is 7.10. The summed E-state index contributed by atoms with van der Waals surface area (Å²) in [4.78, 5) is 2.41. The van der Waals surface area contributed by atoms with Crippen molar-refractivity contribution in [2.45, 2.75) is 58.7 Å². The Morgan fingerprint density at radius 2 is 1.84 bits per heavy atom. The van der Waals surface area contributed by atoms with Crippen molar-refractivity contribution < 1.29 is 9.84 Å². The first-order chi connectivity index (χ1) is 9.04. The van der Waals surface area contributed by atoms with Crippen molar-refractivity contribution in [3.63, 3.8) is 0 Å². The van der Waals surface area contributed by atoms with Crippen LogP contribution in [-0.4, -0.2) is 48.5 Å². The van der Waals surface area contributed by atoms with Gasteiger partial charge in [0.15, 0.2) is 0 Å². The van der Waals surface area contributed by atoms with Crippen LogP contribution in [0.5, 0.6) is 0 Å². The Morgan fingerprint density at radius 1 is 1.16 bits per heavy atom. The van der Waals surface area contributed by atoms with Gasteiger partial charge in [-0.2, -0.15) is 0 Å². The van der Waals surface area contributed by atoms with Crippen LogP contribution >= 0.6 is 0 Å². The van der Waals surface area contributed by atoms with Crippen molar-refractivity contribution in [1.82, 2.24) is 4.90 Å². The zero-order chi connectivity index (χ0) is 13.8. The van der Waals surface area contributed by atoms with Crippen LogP contribution in [0.3, 0.4) is 0 Å². The Morgan fingerprint density at radius 3 is 2.42 bits per heavy atom. The molecule has 2 rings (SSSR count). The fourth-order valence-electron chi connectivity index (χ4n) is 3.89. The van der Waals surface area contributed by atoms with E-state index in [1.807, 2.05) is 0 Å². The molecule has 1 saturated carbocycles. The van der Waals surface area contributed by atoms with Crippen molar-refractivity contribution in [2.75, 3.05) is 26.2 Å². The molecule has 0 unspecified atom stereocenters. The minimum atomic E-state index is -0.328. The number of piperidine rings is 1. The molecule has 112 valence electrons. The maximum atomic E-state index is 10.2. The maximum Gasteiger partial charge on any atom is 0.0900 e. The maximum absolute atomic E-state index is 10.2.